The van der Waals surface area contributed by atoms with E-state index in [0.717, 1.165) is 0 Å². The Balaban J connectivity index is 1.96. The van der Waals surface area contributed by atoms with Gasteiger partial charge in [0, 0.05) is 12.6 Å². The van der Waals surface area contributed by atoms with Gasteiger partial charge < -0.3 is 13.9 Å². The van der Waals surface area contributed by atoms with Gasteiger partial charge in [-0.15, -0.1) is 0 Å². The van der Waals surface area contributed by atoms with E-state index >= 15 is 0 Å². The molecule has 1 aliphatic carbocycles. The zero-order valence-electron chi connectivity index (χ0n) is 13.2. The van der Waals surface area contributed by atoms with Crippen molar-refractivity contribution in [3.63, 3.8) is 0 Å². The van der Waals surface area contributed by atoms with Crippen molar-refractivity contribution < 1.29 is 28.3 Å². The molecule has 0 bridgehead atoms. The highest BCUT2D eigenvalue weighted by Gasteiger charge is 2.52. The Hall–Kier alpha value is -2.96. The number of hydrogen-bond donors (Lipinski definition) is 0. The summed E-state index contributed by atoms with van der Waals surface area (Å²) in [5.74, 6) is -1.52. The normalized spacial score (nSPS) is 14.8. The average molecular weight is 329 g/mol. The monoisotopic (exact) mass is 329 g/mol. The Labute approximate surface area is 137 Å². The van der Waals surface area contributed by atoms with Gasteiger partial charge in [0.15, 0.2) is 11.2 Å². The van der Waals surface area contributed by atoms with E-state index in [4.69, 9.17) is 13.9 Å². The van der Waals surface area contributed by atoms with Gasteiger partial charge in [-0.2, -0.15) is 0 Å². The van der Waals surface area contributed by atoms with Crippen LogP contribution in [0.4, 0.5) is 0 Å². The second-order valence-electron chi connectivity index (χ2n) is 5.56. The fraction of sp³-hybridized carbons (Fsp3) is 0.294. The van der Waals surface area contributed by atoms with Gasteiger partial charge in [0.1, 0.15) is 5.69 Å². The van der Waals surface area contributed by atoms with Gasteiger partial charge in [-0.05, 0) is 35.7 Å². The first kappa shape index (κ1) is 15.9. The maximum atomic E-state index is 12.3. The van der Waals surface area contributed by atoms with Crippen LogP contribution in [0, 0.1) is 5.41 Å². The number of pyridine rings is 1. The molecule has 124 valence electrons. The van der Waals surface area contributed by atoms with Gasteiger partial charge in [-0.1, -0.05) is 0 Å². The largest absolute Gasteiger partial charge is 0.468 e. The average Bonchev–Trinajstić information content (AvgIpc) is 3.26. The Morgan fingerprint density at radius 1 is 1.12 bits per heavy atom. The zero-order valence-corrected chi connectivity index (χ0v) is 13.2. The molecule has 0 aliphatic heterocycles. The third kappa shape index (κ3) is 2.38. The number of carbonyl (C=O) groups excluding carboxylic acids is 3. The molecule has 0 unspecified atom stereocenters. The molecular formula is C17H15NO6. The molecule has 2 heterocycles. The summed E-state index contributed by atoms with van der Waals surface area (Å²) in [4.78, 5) is 40.8. The number of methoxy groups -OCH3 is 2. The second-order valence-corrected chi connectivity index (χ2v) is 5.56. The molecule has 2 aromatic heterocycles. The smallest absolute Gasteiger partial charge is 0.323 e. The standard InChI is InChI=1S/C17H15NO6/c1-22-15(20)17(16(21)23-2)7-10-6-12(18-9-11(10)8-17)14(19)13-4-3-5-24-13/h3-6,9H,7-8H2,1-2H3. The Bertz CT molecular complexity index is 792. The van der Waals surface area contributed by atoms with Crippen LogP contribution in [0.2, 0.25) is 0 Å². The van der Waals surface area contributed by atoms with Crippen molar-refractivity contribution in [3.8, 4) is 0 Å². The van der Waals surface area contributed by atoms with Gasteiger partial charge in [0.2, 0.25) is 5.78 Å². The van der Waals surface area contributed by atoms with Crippen LogP contribution >= 0.6 is 0 Å². The third-order valence-corrected chi connectivity index (χ3v) is 4.20. The van der Waals surface area contributed by atoms with E-state index in [-0.39, 0.29) is 30.1 Å². The summed E-state index contributed by atoms with van der Waals surface area (Å²) in [5, 5.41) is 0. The molecule has 7 heteroatoms. The van der Waals surface area contributed by atoms with Gasteiger partial charge in [-0.25, -0.2) is 0 Å². The van der Waals surface area contributed by atoms with Crippen molar-refractivity contribution >= 4 is 17.7 Å². The summed E-state index contributed by atoms with van der Waals surface area (Å²) in [6.45, 7) is 0. The summed E-state index contributed by atoms with van der Waals surface area (Å²) in [6.07, 6.45) is 3.13. The quantitative estimate of drug-likeness (QED) is 0.474. The van der Waals surface area contributed by atoms with E-state index < -0.39 is 17.4 Å². The molecule has 1 aliphatic rings. The maximum Gasteiger partial charge on any atom is 0.323 e. The Morgan fingerprint density at radius 2 is 1.79 bits per heavy atom. The summed E-state index contributed by atoms with van der Waals surface area (Å²) >= 11 is 0. The number of carbonyl (C=O) groups is 3. The summed E-state index contributed by atoms with van der Waals surface area (Å²) in [7, 11) is 2.44. The first-order chi connectivity index (χ1) is 11.5. The third-order valence-electron chi connectivity index (χ3n) is 4.20. The van der Waals surface area contributed by atoms with Crippen LogP contribution in [0.5, 0.6) is 0 Å². The van der Waals surface area contributed by atoms with Crippen molar-refractivity contribution in [1.82, 2.24) is 4.98 Å². The molecule has 0 atom stereocenters. The lowest BCUT2D eigenvalue weighted by Crippen LogP contribution is -2.42. The SMILES string of the molecule is COC(=O)C1(C(=O)OC)Cc2cnc(C(=O)c3ccco3)cc2C1. The van der Waals surface area contributed by atoms with Crippen LogP contribution in [0.25, 0.3) is 0 Å². The highest BCUT2D eigenvalue weighted by Crippen LogP contribution is 2.39. The van der Waals surface area contributed by atoms with Gasteiger partial charge in [-0.3, -0.25) is 19.4 Å². The van der Waals surface area contributed by atoms with Crippen LogP contribution in [-0.2, 0) is 31.9 Å². The number of rotatable bonds is 4. The van der Waals surface area contributed by atoms with Crippen LogP contribution in [0.3, 0.4) is 0 Å². The molecule has 0 radical (unpaired) electrons. The van der Waals surface area contributed by atoms with Crippen molar-refractivity contribution in [3.05, 3.63) is 53.2 Å². The number of nitrogens with zero attached hydrogens (tertiary/aromatic N) is 1. The van der Waals surface area contributed by atoms with Gasteiger partial charge in [0.05, 0.1) is 20.5 Å². The molecule has 0 saturated carbocycles. The molecule has 0 amide bonds. The molecule has 2 aromatic rings. The molecule has 3 rings (SSSR count). The minimum absolute atomic E-state index is 0.0998. The van der Waals surface area contributed by atoms with Crippen LogP contribution in [0.15, 0.2) is 35.1 Å². The highest BCUT2D eigenvalue weighted by molar-refractivity contribution is 6.06. The molecular weight excluding hydrogens is 314 g/mol. The minimum Gasteiger partial charge on any atom is -0.468 e. The molecule has 0 fully saturated rings. The second kappa shape index (κ2) is 5.92. The van der Waals surface area contributed by atoms with Crippen LogP contribution in [-0.4, -0.2) is 36.9 Å². The first-order valence-corrected chi connectivity index (χ1v) is 7.24. The lowest BCUT2D eigenvalue weighted by molar-refractivity contribution is -0.168. The molecule has 0 spiro atoms. The number of furan rings is 1. The number of ketones is 1. The van der Waals surface area contributed by atoms with Crippen molar-refractivity contribution in [2.45, 2.75) is 12.8 Å². The Morgan fingerprint density at radius 3 is 2.38 bits per heavy atom. The fourth-order valence-electron chi connectivity index (χ4n) is 2.98. The van der Waals surface area contributed by atoms with Crippen LogP contribution < -0.4 is 0 Å². The van der Waals surface area contributed by atoms with E-state index in [9.17, 15) is 14.4 Å². The molecule has 7 nitrogen and oxygen atoms in total. The van der Waals surface area contributed by atoms with E-state index in [1.54, 1.807) is 18.2 Å². The molecule has 0 saturated heterocycles. The maximum absolute atomic E-state index is 12.3. The summed E-state index contributed by atoms with van der Waals surface area (Å²) < 4.78 is 14.7. The summed E-state index contributed by atoms with van der Waals surface area (Å²) in [6, 6.07) is 4.73. The molecule has 0 aromatic carbocycles. The number of ether oxygens (including phenoxy) is 2. The number of esters is 2. The van der Waals surface area contributed by atoms with Crippen molar-refractivity contribution in [2.24, 2.45) is 5.41 Å². The topological polar surface area (TPSA) is 95.7 Å². The van der Waals surface area contributed by atoms with Crippen molar-refractivity contribution in [2.75, 3.05) is 14.2 Å². The summed E-state index contributed by atoms with van der Waals surface area (Å²) in [5.41, 5.74) is 0.159. The van der Waals surface area contributed by atoms with Gasteiger partial charge in [0.25, 0.3) is 0 Å². The van der Waals surface area contributed by atoms with E-state index in [0.29, 0.717) is 11.1 Å². The number of hydrogen-bond acceptors (Lipinski definition) is 7. The van der Waals surface area contributed by atoms with E-state index in [1.807, 2.05) is 0 Å². The molecule has 0 N–H and O–H groups in total. The number of fused-ring (bicyclic) bond motifs is 1. The zero-order chi connectivity index (χ0) is 17.3. The number of aromatic nitrogens is 1. The Kier molecular flexibility index (Phi) is 3.92. The van der Waals surface area contributed by atoms with Gasteiger partial charge >= 0.3 is 11.9 Å². The lowest BCUT2D eigenvalue weighted by Gasteiger charge is -2.22. The lowest BCUT2D eigenvalue weighted by atomic mass is 9.85. The van der Waals surface area contributed by atoms with E-state index in [2.05, 4.69) is 4.98 Å². The fourth-order valence-corrected chi connectivity index (χ4v) is 2.98. The predicted octanol–water partition coefficient (Wildman–Crippen LogP) is 1.34. The van der Waals surface area contributed by atoms with Crippen LogP contribution in [0.1, 0.15) is 27.4 Å². The minimum atomic E-state index is -1.43. The molecule has 24 heavy (non-hydrogen) atoms. The predicted molar refractivity (Wildman–Crippen MR) is 80.3 cm³/mol. The highest BCUT2D eigenvalue weighted by atomic mass is 16.5. The van der Waals surface area contributed by atoms with Crippen molar-refractivity contribution in [1.29, 1.82) is 0 Å². The van der Waals surface area contributed by atoms with E-state index in [1.165, 1.54) is 26.7 Å². The first-order valence-electron chi connectivity index (χ1n) is 7.24.